The average Bonchev–Trinajstić information content (AvgIpc) is 3.03. The molecule has 0 atom stereocenters. The molecule has 1 aromatic carbocycles. The number of hydrogen-bond donors (Lipinski definition) is 1. The number of carbonyl (C=O) groups is 1. The summed E-state index contributed by atoms with van der Waals surface area (Å²) in [6, 6.07) is 6.14. The van der Waals surface area contributed by atoms with Gasteiger partial charge >= 0.3 is 0 Å². The largest absolute Gasteiger partial charge is 0.454 e. The number of amides is 1. The Morgan fingerprint density at radius 1 is 1.00 bits per heavy atom. The molecule has 1 aromatic rings. The van der Waals surface area contributed by atoms with Crippen molar-refractivity contribution in [2.45, 2.75) is 38.1 Å². The summed E-state index contributed by atoms with van der Waals surface area (Å²) in [6.45, 7) is 0.273. The predicted octanol–water partition coefficient (Wildman–Crippen LogP) is 3.37. The first-order valence-electron chi connectivity index (χ1n) is 9.13. The normalized spacial score (nSPS) is 35.6. The lowest BCUT2D eigenvalue weighted by molar-refractivity contribution is -0.120. The average molecular weight is 325 g/mol. The molecule has 5 aliphatic rings. The molecular formula is C20H23NO3. The van der Waals surface area contributed by atoms with E-state index >= 15 is 0 Å². The highest BCUT2D eigenvalue weighted by atomic mass is 16.7. The van der Waals surface area contributed by atoms with Crippen LogP contribution in [0.2, 0.25) is 0 Å². The fraction of sp³-hybridized carbons (Fsp3) is 0.550. The van der Waals surface area contributed by atoms with E-state index in [1.54, 1.807) is 6.08 Å². The molecule has 0 aromatic heterocycles. The first-order valence-corrected chi connectivity index (χ1v) is 9.13. The molecule has 0 unspecified atom stereocenters. The van der Waals surface area contributed by atoms with Crippen LogP contribution in [0.15, 0.2) is 24.3 Å². The molecule has 4 aliphatic carbocycles. The summed E-state index contributed by atoms with van der Waals surface area (Å²) in [5, 5.41) is 3.30. The molecule has 4 nitrogen and oxygen atoms in total. The maximum Gasteiger partial charge on any atom is 0.244 e. The molecule has 1 amide bonds. The SMILES string of the molecule is O=C(/C=C/c1ccc2c(c1)OCO2)NC1C2CC3CC(C2)CC1C3. The number of carbonyl (C=O) groups excluding carboxylic acids is 1. The fourth-order valence-corrected chi connectivity index (χ4v) is 5.56. The van der Waals surface area contributed by atoms with Crippen molar-refractivity contribution in [1.82, 2.24) is 5.32 Å². The lowest BCUT2D eigenvalue weighted by atomic mass is 9.54. The van der Waals surface area contributed by atoms with E-state index < -0.39 is 0 Å². The maximum atomic E-state index is 12.4. The second-order valence-corrected chi connectivity index (χ2v) is 7.91. The lowest BCUT2D eigenvalue weighted by Gasteiger charge is -2.54. The zero-order valence-corrected chi connectivity index (χ0v) is 13.7. The Labute approximate surface area is 142 Å². The van der Waals surface area contributed by atoms with Crippen LogP contribution in [-0.2, 0) is 4.79 Å². The van der Waals surface area contributed by atoms with Gasteiger partial charge in [0.25, 0.3) is 0 Å². The van der Waals surface area contributed by atoms with E-state index in [1.807, 2.05) is 24.3 Å². The third kappa shape index (κ3) is 2.48. The molecule has 4 heteroatoms. The van der Waals surface area contributed by atoms with Crippen molar-refractivity contribution in [3.05, 3.63) is 29.8 Å². The standard InChI is InChI=1S/C20H23NO3/c22-19(4-2-12-1-3-17-18(10-12)24-11-23-17)21-20-15-6-13-5-14(8-15)9-16(20)7-13/h1-4,10,13-16,20H,5-9,11H2,(H,21,22)/b4-2+. The highest BCUT2D eigenvalue weighted by molar-refractivity contribution is 5.92. The highest BCUT2D eigenvalue weighted by Crippen LogP contribution is 2.53. The van der Waals surface area contributed by atoms with E-state index in [0.29, 0.717) is 17.9 Å². The van der Waals surface area contributed by atoms with Crippen molar-refractivity contribution in [3.63, 3.8) is 0 Å². The summed E-state index contributed by atoms with van der Waals surface area (Å²) in [5.41, 5.74) is 0.958. The van der Waals surface area contributed by atoms with E-state index in [4.69, 9.17) is 9.47 Å². The third-order valence-electron chi connectivity index (χ3n) is 6.36. The molecule has 126 valence electrons. The molecule has 4 bridgehead atoms. The summed E-state index contributed by atoms with van der Waals surface area (Å²) >= 11 is 0. The number of nitrogens with one attached hydrogen (secondary N) is 1. The minimum absolute atomic E-state index is 0.0325. The minimum Gasteiger partial charge on any atom is -0.454 e. The number of benzene rings is 1. The molecule has 1 aliphatic heterocycles. The number of ether oxygens (including phenoxy) is 2. The van der Waals surface area contributed by atoms with Crippen LogP contribution in [0.1, 0.15) is 37.7 Å². The monoisotopic (exact) mass is 325 g/mol. The van der Waals surface area contributed by atoms with Crippen molar-refractivity contribution in [2.24, 2.45) is 23.7 Å². The van der Waals surface area contributed by atoms with E-state index in [9.17, 15) is 4.79 Å². The highest BCUT2D eigenvalue weighted by Gasteiger charge is 2.48. The fourth-order valence-electron chi connectivity index (χ4n) is 5.56. The van der Waals surface area contributed by atoms with Gasteiger partial charge < -0.3 is 14.8 Å². The van der Waals surface area contributed by atoms with Crippen LogP contribution in [0.25, 0.3) is 6.08 Å². The third-order valence-corrected chi connectivity index (χ3v) is 6.36. The van der Waals surface area contributed by atoms with Crippen LogP contribution >= 0.6 is 0 Å². The topological polar surface area (TPSA) is 47.6 Å². The van der Waals surface area contributed by atoms with Crippen molar-refractivity contribution < 1.29 is 14.3 Å². The molecule has 0 radical (unpaired) electrons. The second kappa shape index (κ2) is 5.54. The molecule has 6 rings (SSSR count). The van der Waals surface area contributed by atoms with Gasteiger partial charge in [-0.15, -0.1) is 0 Å². The minimum atomic E-state index is 0.0325. The molecule has 0 saturated heterocycles. The van der Waals surface area contributed by atoms with Gasteiger partial charge in [0.2, 0.25) is 12.7 Å². The molecule has 1 heterocycles. The van der Waals surface area contributed by atoms with Gasteiger partial charge in [0.15, 0.2) is 11.5 Å². The molecule has 4 fully saturated rings. The Hall–Kier alpha value is -1.97. The molecule has 24 heavy (non-hydrogen) atoms. The van der Waals surface area contributed by atoms with Crippen LogP contribution in [-0.4, -0.2) is 18.7 Å². The van der Waals surface area contributed by atoms with Crippen LogP contribution < -0.4 is 14.8 Å². The van der Waals surface area contributed by atoms with E-state index in [-0.39, 0.29) is 12.7 Å². The van der Waals surface area contributed by atoms with Gasteiger partial charge in [-0.05, 0) is 79.5 Å². The van der Waals surface area contributed by atoms with Crippen molar-refractivity contribution in [2.75, 3.05) is 6.79 Å². The number of fused-ring (bicyclic) bond motifs is 1. The summed E-state index contributed by atoms with van der Waals surface area (Å²) < 4.78 is 10.7. The molecule has 1 N–H and O–H groups in total. The second-order valence-electron chi connectivity index (χ2n) is 7.91. The van der Waals surface area contributed by atoms with Crippen LogP contribution in [0.5, 0.6) is 11.5 Å². The smallest absolute Gasteiger partial charge is 0.244 e. The number of hydrogen-bond acceptors (Lipinski definition) is 3. The van der Waals surface area contributed by atoms with E-state index in [2.05, 4.69) is 5.32 Å². The van der Waals surface area contributed by atoms with Crippen molar-refractivity contribution >= 4 is 12.0 Å². The van der Waals surface area contributed by atoms with Crippen molar-refractivity contribution in [1.29, 1.82) is 0 Å². The quantitative estimate of drug-likeness (QED) is 0.867. The van der Waals surface area contributed by atoms with Crippen LogP contribution in [0.3, 0.4) is 0 Å². The Bertz CT molecular complexity index is 668. The van der Waals surface area contributed by atoms with Gasteiger partial charge in [0.1, 0.15) is 0 Å². The first-order chi connectivity index (χ1) is 11.7. The van der Waals surface area contributed by atoms with Crippen LogP contribution in [0, 0.1) is 23.7 Å². The van der Waals surface area contributed by atoms with E-state index in [0.717, 1.165) is 28.9 Å². The van der Waals surface area contributed by atoms with Gasteiger partial charge in [0.05, 0.1) is 0 Å². The summed E-state index contributed by atoms with van der Waals surface area (Å²) in [4.78, 5) is 12.4. The van der Waals surface area contributed by atoms with Crippen molar-refractivity contribution in [3.8, 4) is 11.5 Å². The Kier molecular flexibility index (Phi) is 3.32. The lowest BCUT2D eigenvalue weighted by Crippen LogP contribution is -2.55. The summed E-state index contributed by atoms with van der Waals surface area (Å²) in [5.74, 6) is 4.84. The molecule has 4 saturated carbocycles. The van der Waals surface area contributed by atoms with Gasteiger partial charge in [-0.3, -0.25) is 4.79 Å². The Balaban J connectivity index is 1.24. The Morgan fingerprint density at radius 2 is 1.71 bits per heavy atom. The number of rotatable bonds is 3. The molecular weight excluding hydrogens is 302 g/mol. The predicted molar refractivity (Wildman–Crippen MR) is 90.6 cm³/mol. The van der Waals surface area contributed by atoms with Gasteiger partial charge in [-0.1, -0.05) is 6.07 Å². The zero-order valence-electron chi connectivity index (χ0n) is 13.7. The first kappa shape index (κ1) is 14.4. The van der Waals surface area contributed by atoms with Gasteiger partial charge in [-0.2, -0.15) is 0 Å². The molecule has 0 spiro atoms. The van der Waals surface area contributed by atoms with E-state index in [1.165, 1.54) is 32.1 Å². The van der Waals surface area contributed by atoms with Gasteiger partial charge in [0, 0.05) is 12.1 Å². The Morgan fingerprint density at radius 3 is 2.46 bits per heavy atom. The summed E-state index contributed by atoms with van der Waals surface area (Å²) in [7, 11) is 0. The van der Waals surface area contributed by atoms with Crippen LogP contribution in [0.4, 0.5) is 0 Å². The van der Waals surface area contributed by atoms with Gasteiger partial charge in [-0.25, -0.2) is 0 Å². The maximum absolute atomic E-state index is 12.4. The zero-order chi connectivity index (χ0) is 16.1. The summed E-state index contributed by atoms with van der Waals surface area (Å²) in [6.07, 6.45) is 10.2.